The summed E-state index contributed by atoms with van der Waals surface area (Å²) in [7, 11) is -6.99. The molecule has 14 heteroatoms. The van der Waals surface area contributed by atoms with Gasteiger partial charge in [0.25, 0.3) is 20.0 Å². The first-order chi connectivity index (χ1) is 14.0. The summed E-state index contributed by atoms with van der Waals surface area (Å²) >= 11 is 13.3. The first-order valence-electron chi connectivity index (χ1n) is 7.80. The fraction of sp³-hybridized carbons (Fsp3) is 0.0625. The normalized spacial score (nSPS) is 11.8. The smallest absolute Gasteiger partial charge is 0.337 e. The Labute approximate surface area is 190 Å². The standard InChI is InChI=1S/C16H12Cl2N2O6S4/c1-26-16(21)9-2-3-10(19-29(22,23)14-6-4-12(17)27-14)11(8-9)20-30(24,25)15-7-5-13(18)28-15/h2-8,19-20H,1H3. The van der Waals surface area contributed by atoms with E-state index in [-0.39, 0.29) is 34.0 Å². The Morgan fingerprint density at radius 2 is 1.33 bits per heavy atom. The number of methoxy groups -OCH3 is 1. The second-order valence-corrected chi connectivity index (χ2v) is 12.8. The van der Waals surface area contributed by atoms with Gasteiger partial charge < -0.3 is 4.74 Å². The zero-order chi connectivity index (χ0) is 22.1. The summed E-state index contributed by atoms with van der Waals surface area (Å²) in [4.78, 5) is 11.9. The van der Waals surface area contributed by atoms with Gasteiger partial charge in [0.05, 0.1) is 32.7 Å². The molecule has 3 aromatic rings. The molecule has 0 aliphatic carbocycles. The van der Waals surface area contributed by atoms with Crippen molar-refractivity contribution < 1.29 is 26.4 Å². The summed E-state index contributed by atoms with van der Waals surface area (Å²) in [6, 6.07) is 9.16. The number of esters is 1. The number of hydrogen-bond donors (Lipinski definition) is 2. The Morgan fingerprint density at radius 3 is 1.77 bits per heavy atom. The Kier molecular flexibility index (Phi) is 6.65. The molecule has 0 amide bonds. The van der Waals surface area contributed by atoms with E-state index in [0.29, 0.717) is 0 Å². The predicted molar refractivity (Wildman–Crippen MR) is 118 cm³/mol. The van der Waals surface area contributed by atoms with Gasteiger partial charge in [0.2, 0.25) is 0 Å². The summed E-state index contributed by atoms with van der Waals surface area (Å²) in [5.74, 6) is -0.728. The average molecular weight is 527 g/mol. The number of halogens is 2. The molecule has 0 fully saturated rings. The minimum Gasteiger partial charge on any atom is -0.465 e. The number of thiophene rings is 2. The molecule has 0 atom stereocenters. The molecule has 2 aromatic heterocycles. The molecule has 0 aliphatic rings. The molecule has 0 spiro atoms. The molecule has 0 bridgehead atoms. The fourth-order valence-corrected chi connectivity index (χ4v) is 7.35. The van der Waals surface area contributed by atoms with Crippen LogP contribution >= 0.6 is 45.9 Å². The van der Waals surface area contributed by atoms with Crippen molar-refractivity contribution >= 4 is 83.3 Å². The third-order valence-electron chi connectivity index (χ3n) is 3.56. The SMILES string of the molecule is COC(=O)c1ccc(NS(=O)(=O)c2ccc(Cl)s2)c(NS(=O)(=O)c2ccc(Cl)s2)c1. The fourth-order valence-electron chi connectivity index (χ4n) is 2.24. The van der Waals surface area contributed by atoms with Crippen LogP contribution in [0.15, 0.2) is 50.9 Å². The van der Waals surface area contributed by atoms with E-state index in [4.69, 9.17) is 23.2 Å². The highest BCUT2D eigenvalue weighted by Crippen LogP contribution is 2.33. The van der Waals surface area contributed by atoms with Crippen molar-refractivity contribution in [2.45, 2.75) is 8.42 Å². The lowest BCUT2D eigenvalue weighted by atomic mass is 10.2. The third-order valence-corrected chi connectivity index (χ3v) is 9.73. The number of ether oxygens (including phenoxy) is 1. The summed E-state index contributed by atoms with van der Waals surface area (Å²) in [5.41, 5.74) is -0.256. The van der Waals surface area contributed by atoms with Crippen LogP contribution in [0.4, 0.5) is 11.4 Å². The highest BCUT2D eigenvalue weighted by molar-refractivity contribution is 7.95. The summed E-state index contributed by atoms with van der Waals surface area (Å²) in [6.45, 7) is 0. The number of nitrogens with one attached hydrogen (secondary N) is 2. The second kappa shape index (κ2) is 8.73. The summed E-state index contributed by atoms with van der Waals surface area (Å²) in [5, 5.41) is 0. The molecule has 0 radical (unpaired) electrons. The maximum atomic E-state index is 12.7. The van der Waals surface area contributed by atoms with Gasteiger partial charge in [0.1, 0.15) is 8.42 Å². The van der Waals surface area contributed by atoms with Crippen LogP contribution in [0.5, 0.6) is 0 Å². The van der Waals surface area contributed by atoms with Crippen LogP contribution in [0.25, 0.3) is 0 Å². The molecule has 0 saturated heterocycles. The number of sulfonamides is 2. The zero-order valence-electron chi connectivity index (χ0n) is 14.9. The Balaban J connectivity index is 2.04. The van der Waals surface area contributed by atoms with E-state index in [1.807, 2.05) is 0 Å². The van der Waals surface area contributed by atoms with Crippen LogP contribution in [0, 0.1) is 0 Å². The van der Waals surface area contributed by atoms with Gasteiger partial charge in [0, 0.05) is 0 Å². The molecule has 2 N–H and O–H groups in total. The van der Waals surface area contributed by atoms with Crippen LogP contribution in [0.1, 0.15) is 10.4 Å². The number of carbonyl (C=O) groups excluding carboxylic acids is 1. The van der Waals surface area contributed by atoms with Crippen molar-refractivity contribution in [3.05, 3.63) is 56.7 Å². The topological polar surface area (TPSA) is 119 Å². The van der Waals surface area contributed by atoms with Crippen molar-refractivity contribution in [2.24, 2.45) is 0 Å². The predicted octanol–water partition coefficient (Wildman–Crippen LogP) is 4.50. The van der Waals surface area contributed by atoms with Crippen LogP contribution in [-0.4, -0.2) is 29.9 Å². The van der Waals surface area contributed by atoms with Crippen molar-refractivity contribution in [3.8, 4) is 0 Å². The van der Waals surface area contributed by atoms with Gasteiger partial charge >= 0.3 is 5.97 Å². The van der Waals surface area contributed by atoms with Gasteiger partial charge in [-0.2, -0.15) is 0 Å². The van der Waals surface area contributed by atoms with Gasteiger partial charge in [-0.3, -0.25) is 9.44 Å². The van der Waals surface area contributed by atoms with E-state index in [1.165, 1.54) is 36.4 Å². The lowest BCUT2D eigenvalue weighted by Gasteiger charge is -2.14. The number of benzene rings is 1. The van der Waals surface area contributed by atoms with E-state index in [1.54, 1.807) is 0 Å². The molecule has 0 unspecified atom stereocenters. The molecule has 0 saturated carbocycles. The van der Waals surface area contributed by atoms with Gasteiger partial charge in [0.15, 0.2) is 0 Å². The molecule has 0 aliphatic heterocycles. The van der Waals surface area contributed by atoms with E-state index in [9.17, 15) is 21.6 Å². The third kappa shape index (κ3) is 5.07. The average Bonchev–Trinajstić information content (AvgIpc) is 3.31. The van der Waals surface area contributed by atoms with E-state index in [2.05, 4.69) is 14.2 Å². The monoisotopic (exact) mass is 526 g/mol. The lowest BCUT2D eigenvalue weighted by molar-refractivity contribution is 0.0601. The Bertz CT molecular complexity index is 1310. The van der Waals surface area contributed by atoms with Crippen molar-refractivity contribution in [3.63, 3.8) is 0 Å². The van der Waals surface area contributed by atoms with E-state index >= 15 is 0 Å². The molecular weight excluding hydrogens is 515 g/mol. The van der Waals surface area contributed by atoms with Gasteiger partial charge in [-0.15, -0.1) is 22.7 Å². The first kappa shape index (κ1) is 22.8. The van der Waals surface area contributed by atoms with Gasteiger partial charge in [-0.05, 0) is 42.5 Å². The number of rotatable bonds is 7. The largest absolute Gasteiger partial charge is 0.465 e. The summed E-state index contributed by atoms with van der Waals surface area (Å²) < 4.78 is 60.2. The number of anilines is 2. The molecular formula is C16H12Cl2N2O6S4. The summed E-state index contributed by atoms with van der Waals surface area (Å²) in [6.07, 6.45) is 0. The molecule has 8 nitrogen and oxygen atoms in total. The maximum Gasteiger partial charge on any atom is 0.337 e. The molecule has 30 heavy (non-hydrogen) atoms. The van der Waals surface area contributed by atoms with Gasteiger partial charge in [-0.1, -0.05) is 23.2 Å². The van der Waals surface area contributed by atoms with Crippen molar-refractivity contribution in [1.82, 2.24) is 0 Å². The number of carbonyl (C=O) groups is 1. The Hall–Kier alpha value is -1.83. The van der Waals surface area contributed by atoms with Crippen LogP contribution < -0.4 is 9.44 Å². The van der Waals surface area contributed by atoms with E-state index < -0.39 is 26.0 Å². The zero-order valence-corrected chi connectivity index (χ0v) is 19.7. The van der Waals surface area contributed by atoms with E-state index in [0.717, 1.165) is 35.8 Å². The lowest BCUT2D eigenvalue weighted by Crippen LogP contribution is -2.17. The Morgan fingerprint density at radius 1 is 0.833 bits per heavy atom. The van der Waals surface area contributed by atoms with Crippen LogP contribution in [0.2, 0.25) is 8.67 Å². The first-order valence-corrected chi connectivity index (χ1v) is 13.2. The highest BCUT2D eigenvalue weighted by Gasteiger charge is 2.23. The molecule has 2 heterocycles. The minimum absolute atomic E-state index is 0.0153. The van der Waals surface area contributed by atoms with Crippen molar-refractivity contribution in [1.29, 1.82) is 0 Å². The van der Waals surface area contributed by atoms with Crippen molar-refractivity contribution in [2.75, 3.05) is 16.6 Å². The minimum atomic E-state index is -4.10. The number of hydrogen-bond acceptors (Lipinski definition) is 8. The van der Waals surface area contributed by atoms with Gasteiger partial charge in [-0.25, -0.2) is 21.6 Å². The molecule has 1 aromatic carbocycles. The molecule has 160 valence electrons. The molecule has 3 rings (SSSR count). The highest BCUT2D eigenvalue weighted by atomic mass is 35.5. The maximum absolute atomic E-state index is 12.7. The van der Waals surface area contributed by atoms with Crippen LogP contribution in [-0.2, 0) is 24.8 Å². The second-order valence-electron chi connectivity index (χ2n) is 5.58. The quantitative estimate of drug-likeness (QED) is 0.437. The van der Waals surface area contributed by atoms with Crippen LogP contribution in [0.3, 0.4) is 0 Å².